The van der Waals surface area contributed by atoms with Gasteiger partial charge in [0.1, 0.15) is 0 Å². The highest BCUT2D eigenvalue weighted by molar-refractivity contribution is 4.84. The molecule has 1 fully saturated rings. The Morgan fingerprint density at radius 2 is 2.08 bits per heavy atom. The molecule has 1 N–H and O–H groups in total. The molecule has 0 saturated carbocycles. The lowest BCUT2D eigenvalue weighted by molar-refractivity contribution is 0.0343. The molecule has 0 aromatic carbocycles. The van der Waals surface area contributed by atoms with Gasteiger partial charge in [0.05, 0.1) is 0 Å². The molecule has 2 heteroatoms. The van der Waals surface area contributed by atoms with E-state index in [1.165, 1.54) is 32.4 Å². The number of hydrogen-bond acceptors (Lipinski definition) is 2. The minimum atomic E-state index is 0.341. The quantitative estimate of drug-likeness (QED) is 0.683. The van der Waals surface area contributed by atoms with Crippen LogP contribution in [0, 0.1) is 5.92 Å². The molecule has 0 aliphatic carbocycles. The van der Waals surface area contributed by atoms with Crippen LogP contribution in [0.2, 0.25) is 0 Å². The van der Waals surface area contributed by atoms with Gasteiger partial charge in [-0.25, -0.2) is 0 Å². The van der Waals surface area contributed by atoms with Crippen molar-refractivity contribution in [1.29, 1.82) is 0 Å². The monoisotopic (exact) mass is 185 g/mol. The van der Waals surface area contributed by atoms with Crippen molar-refractivity contribution in [2.45, 2.75) is 45.6 Å². The molecule has 1 aliphatic heterocycles. The summed E-state index contributed by atoms with van der Waals surface area (Å²) in [6, 6.07) is 0.637. The topological polar surface area (TPSA) is 23.5 Å². The molecule has 1 heterocycles. The Morgan fingerprint density at radius 1 is 1.38 bits per heavy atom. The fourth-order valence-electron chi connectivity index (χ4n) is 2.29. The summed E-state index contributed by atoms with van der Waals surface area (Å²) in [5.41, 5.74) is 0. The molecule has 1 aliphatic rings. The van der Waals surface area contributed by atoms with E-state index in [4.69, 9.17) is 5.11 Å². The summed E-state index contributed by atoms with van der Waals surface area (Å²) in [4.78, 5) is 2.52. The van der Waals surface area contributed by atoms with Crippen LogP contribution in [-0.4, -0.2) is 35.7 Å². The van der Waals surface area contributed by atoms with Crippen molar-refractivity contribution in [2.75, 3.05) is 19.7 Å². The van der Waals surface area contributed by atoms with E-state index in [9.17, 15) is 0 Å². The zero-order valence-corrected chi connectivity index (χ0v) is 9.00. The van der Waals surface area contributed by atoms with Gasteiger partial charge in [0.15, 0.2) is 0 Å². The summed E-state index contributed by atoms with van der Waals surface area (Å²) in [5, 5.41) is 8.88. The van der Waals surface area contributed by atoms with Crippen molar-refractivity contribution in [2.24, 2.45) is 5.92 Å². The Bertz CT molecular complexity index is 132. The Balaban J connectivity index is 2.16. The molecule has 1 rings (SSSR count). The lowest BCUT2D eigenvalue weighted by atomic mass is 9.92. The Kier molecular flexibility index (Phi) is 4.74. The third-order valence-electron chi connectivity index (χ3n) is 3.13. The second-order valence-electron chi connectivity index (χ2n) is 4.18. The summed E-state index contributed by atoms with van der Waals surface area (Å²) in [6.45, 7) is 7.35. The average Bonchev–Trinajstić information content (AvgIpc) is 2.07. The van der Waals surface area contributed by atoms with E-state index in [0.717, 1.165) is 12.3 Å². The summed E-state index contributed by atoms with van der Waals surface area (Å²) in [7, 11) is 0. The van der Waals surface area contributed by atoms with Gasteiger partial charge >= 0.3 is 0 Å². The predicted molar refractivity (Wildman–Crippen MR) is 55.8 cm³/mol. The van der Waals surface area contributed by atoms with Gasteiger partial charge in [-0.1, -0.05) is 20.3 Å². The van der Waals surface area contributed by atoms with Gasteiger partial charge < -0.3 is 5.11 Å². The minimum absolute atomic E-state index is 0.341. The SMILES string of the molecule is CCCC1CN(C(CC)CCO)C1. The highest BCUT2D eigenvalue weighted by Gasteiger charge is 2.29. The normalized spacial score (nSPS) is 21.5. The third-order valence-corrected chi connectivity index (χ3v) is 3.13. The molecule has 2 nitrogen and oxygen atoms in total. The lowest BCUT2D eigenvalue weighted by Gasteiger charge is -2.44. The van der Waals surface area contributed by atoms with E-state index in [1.807, 2.05) is 0 Å². The van der Waals surface area contributed by atoms with Gasteiger partial charge in [-0.15, -0.1) is 0 Å². The summed E-state index contributed by atoms with van der Waals surface area (Å²) in [5.74, 6) is 0.942. The average molecular weight is 185 g/mol. The maximum Gasteiger partial charge on any atom is 0.0445 e. The van der Waals surface area contributed by atoms with Crippen LogP contribution in [0.15, 0.2) is 0 Å². The second-order valence-corrected chi connectivity index (χ2v) is 4.18. The molecule has 0 aromatic heterocycles. The number of likely N-dealkylation sites (tertiary alicyclic amines) is 1. The number of rotatable bonds is 6. The van der Waals surface area contributed by atoms with Crippen molar-refractivity contribution in [1.82, 2.24) is 4.90 Å². The molecular weight excluding hydrogens is 162 g/mol. The first-order valence-electron chi connectivity index (χ1n) is 5.66. The van der Waals surface area contributed by atoms with Gasteiger partial charge in [0.2, 0.25) is 0 Å². The van der Waals surface area contributed by atoms with E-state index in [0.29, 0.717) is 12.6 Å². The van der Waals surface area contributed by atoms with Crippen LogP contribution in [0.4, 0.5) is 0 Å². The maximum absolute atomic E-state index is 8.88. The largest absolute Gasteiger partial charge is 0.396 e. The number of aliphatic hydroxyl groups is 1. The van der Waals surface area contributed by atoms with Crippen LogP contribution in [0.25, 0.3) is 0 Å². The van der Waals surface area contributed by atoms with Gasteiger partial charge in [-0.3, -0.25) is 4.90 Å². The Labute approximate surface area is 81.9 Å². The summed E-state index contributed by atoms with van der Waals surface area (Å²) in [6.07, 6.45) is 4.83. The van der Waals surface area contributed by atoms with Crippen LogP contribution in [0.5, 0.6) is 0 Å². The molecule has 1 atom stereocenters. The molecule has 0 amide bonds. The first kappa shape index (κ1) is 11.0. The van der Waals surface area contributed by atoms with E-state index in [2.05, 4.69) is 18.7 Å². The predicted octanol–water partition coefficient (Wildman–Crippen LogP) is 1.88. The maximum atomic E-state index is 8.88. The van der Waals surface area contributed by atoms with Crippen molar-refractivity contribution < 1.29 is 5.11 Å². The summed E-state index contributed by atoms with van der Waals surface area (Å²) < 4.78 is 0. The molecule has 1 unspecified atom stereocenters. The van der Waals surface area contributed by atoms with Crippen molar-refractivity contribution in [3.8, 4) is 0 Å². The molecule has 13 heavy (non-hydrogen) atoms. The Morgan fingerprint density at radius 3 is 2.54 bits per heavy atom. The van der Waals surface area contributed by atoms with E-state index < -0.39 is 0 Å². The number of hydrogen-bond donors (Lipinski definition) is 1. The number of aliphatic hydroxyl groups excluding tert-OH is 1. The zero-order valence-electron chi connectivity index (χ0n) is 9.00. The minimum Gasteiger partial charge on any atom is -0.396 e. The zero-order chi connectivity index (χ0) is 9.68. The van der Waals surface area contributed by atoms with Gasteiger partial charge in [-0.05, 0) is 25.2 Å². The first-order chi connectivity index (χ1) is 6.31. The van der Waals surface area contributed by atoms with E-state index in [1.54, 1.807) is 0 Å². The summed E-state index contributed by atoms with van der Waals surface area (Å²) >= 11 is 0. The lowest BCUT2D eigenvalue weighted by Crippen LogP contribution is -2.52. The van der Waals surface area contributed by atoms with Crippen LogP contribution in [0.3, 0.4) is 0 Å². The molecule has 0 spiro atoms. The third kappa shape index (κ3) is 2.96. The molecule has 0 aromatic rings. The first-order valence-corrected chi connectivity index (χ1v) is 5.66. The van der Waals surface area contributed by atoms with Gasteiger partial charge in [-0.2, -0.15) is 0 Å². The van der Waals surface area contributed by atoms with E-state index >= 15 is 0 Å². The van der Waals surface area contributed by atoms with Crippen LogP contribution >= 0.6 is 0 Å². The van der Waals surface area contributed by atoms with Crippen molar-refractivity contribution in [3.63, 3.8) is 0 Å². The molecule has 1 saturated heterocycles. The highest BCUT2D eigenvalue weighted by atomic mass is 16.3. The van der Waals surface area contributed by atoms with Crippen molar-refractivity contribution in [3.05, 3.63) is 0 Å². The molecule has 0 bridgehead atoms. The Hall–Kier alpha value is -0.0800. The number of nitrogens with zero attached hydrogens (tertiary/aromatic N) is 1. The van der Waals surface area contributed by atoms with Crippen molar-refractivity contribution >= 4 is 0 Å². The van der Waals surface area contributed by atoms with Crippen LogP contribution in [0.1, 0.15) is 39.5 Å². The highest BCUT2D eigenvalue weighted by Crippen LogP contribution is 2.24. The fraction of sp³-hybridized carbons (Fsp3) is 1.00. The molecule has 78 valence electrons. The van der Waals surface area contributed by atoms with Gasteiger partial charge in [0.25, 0.3) is 0 Å². The second kappa shape index (κ2) is 5.61. The van der Waals surface area contributed by atoms with Gasteiger partial charge in [0, 0.05) is 25.7 Å². The molecular formula is C11H23NO. The molecule has 0 radical (unpaired) electrons. The smallest absolute Gasteiger partial charge is 0.0445 e. The van der Waals surface area contributed by atoms with Crippen LogP contribution in [-0.2, 0) is 0 Å². The standard InChI is InChI=1S/C11H23NO/c1-3-5-10-8-12(9-10)11(4-2)6-7-13/h10-11,13H,3-9H2,1-2H3. The van der Waals surface area contributed by atoms with E-state index in [-0.39, 0.29) is 0 Å². The fourth-order valence-corrected chi connectivity index (χ4v) is 2.29. The van der Waals surface area contributed by atoms with Crippen LogP contribution < -0.4 is 0 Å².